The minimum absolute atomic E-state index is 0.0659. The summed E-state index contributed by atoms with van der Waals surface area (Å²) in [5.74, 6) is 0.259. The normalized spacial score (nSPS) is 27.6. The highest BCUT2D eigenvalue weighted by Gasteiger charge is 2.42. The zero-order valence-electron chi connectivity index (χ0n) is 9.72. The monoisotopic (exact) mass is 230 g/mol. The summed E-state index contributed by atoms with van der Waals surface area (Å²) in [4.78, 5) is 10.4. The summed E-state index contributed by atoms with van der Waals surface area (Å²) in [6.45, 7) is 2.05. The van der Waals surface area contributed by atoms with E-state index >= 15 is 0 Å². The molecule has 0 aromatic heterocycles. The molecule has 4 nitrogen and oxygen atoms in total. The SMILES string of the molecule is CC1CCCC1(C#N)c1cccc([N+](=O)[O-])c1. The van der Waals surface area contributed by atoms with Crippen LogP contribution in [0.5, 0.6) is 0 Å². The van der Waals surface area contributed by atoms with E-state index in [1.165, 1.54) is 6.07 Å². The maximum absolute atomic E-state index is 10.8. The van der Waals surface area contributed by atoms with Gasteiger partial charge in [-0.25, -0.2) is 0 Å². The highest BCUT2D eigenvalue weighted by molar-refractivity contribution is 5.42. The first-order chi connectivity index (χ1) is 8.10. The first kappa shape index (κ1) is 11.6. The topological polar surface area (TPSA) is 66.9 Å². The molecule has 2 unspecified atom stereocenters. The summed E-state index contributed by atoms with van der Waals surface area (Å²) in [6, 6.07) is 8.90. The molecule has 1 aliphatic rings. The molecule has 88 valence electrons. The fraction of sp³-hybridized carbons (Fsp3) is 0.462. The Hall–Kier alpha value is -1.89. The van der Waals surface area contributed by atoms with Crippen LogP contribution in [0.25, 0.3) is 0 Å². The van der Waals surface area contributed by atoms with Gasteiger partial charge in [-0.3, -0.25) is 10.1 Å². The van der Waals surface area contributed by atoms with Gasteiger partial charge in [0.15, 0.2) is 0 Å². The zero-order valence-corrected chi connectivity index (χ0v) is 9.72. The number of nitrogens with zero attached hydrogens (tertiary/aromatic N) is 2. The van der Waals surface area contributed by atoms with Gasteiger partial charge in [-0.05, 0) is 24.3 Å². The van der Waals surface area contributed by atoms with Crippen LogP contribution in [-0.4, -0.2) is 4.92 Å². The van der Waals surface area contributed by atoms with Crippen molar-refractivity contribution >= 4 is 5.69 Å². The molecule has 0 amide bonds. The molecule has 1 aliphatic carbocycles. The maximum Gasteiger partial charge on any atom is 0.269 e. The number of nitriles is 1. The molecular weight excluding hydrogens is 216 g/mol. The van der Waals surface area contributed by atoms with E-state index in [4.69, 9.17) is 0 Å². The van der Waals surface area contributed by atoms with Crippen LogP contribution in [0.4, 0.5) is 5.69 Å². The predicted octanol–water partition coefficient (Wildman–Crippen LogP) is 3.18. The van der Waals surface area contributed by atoms with Crippen LogP contribution in [0.2, 0.25) is 0 Å². The highest BCUT2D eigenvalue weighted by Crippen LogP contribution is 2.45. The van der Waals surface area contributed by atoms with Gasteiger partial charge in [-0.2, -0.15) is 5.26 Å². The minimum Gasteiger partial charge on any atom is -0.258 e. The fourth-order valence-electron chi connectivity index (χ4n) is 2.74. The summed E-state index contributed by atoms with van der Waals surface area (Å²) in [5.41, 5.74) is 0.321. The van der Waals surface area contributed by atoms with E-state index < -0.39 is 10.3 Å². The molecule has 1 saturated carbocycles. The van der Waals surface area contributed by atoms with Crippen molar-refractivity contribution in [1.29, 1.82) is 5.26 Å². The lowest BCUT2D eigenvalue weighted by atomic mass is 9.74. The summed E-state index contributed by atoms with van der Waals surface area (Å²) in [5, 5.41) is 20.2. The van der Waals surface area contributed by atoms with Crippen LogP contribution >= 0.6 is 0 Å². The molecule has 2 rings (SSSR count). The lowest BCUT2D eigenvalue weighted by Gasteiger charge is -2.26. The Morgan fingerprint density at radius 1 is 1.59 bits per heavy atom. The van der Waals surface area contributed by atoms with Crippen molar-refractivity contribution in [2.45, 2.75) is 31.6 Å². The lowest BCUT2D eigenvalue weighted by Crippen LogP contribution is -2.26. The van der Waals surface area contributed by atoms with E-state index in [-0.39, 0.29) is 11.6 Å². The van der Waals surface area contributed by atoms with Crippen LogP contribution in [0.3, 0.4) is 0 Å². The molecule has 0 heterocycles. The molecule has 0 radical (unpaired) electrons. The molecule has 0 spiro atoms. The second-order valence-electron chi connectivity index (χ2n) is 4.68. The highest BCUT2D eigenvalue weighted by atomic mass is 16.6. The summed E-state index contributed by atoms with van der Waals surface area (Å²) in [6.07, 6.45) is 2.82. The third kappa shape index (κ3) is 1.78. The first-order valence-electron chi connectivity index (χ1n) is 5.76. The number of hydrogen-bond donors (Lipinski definition) is 0. The Labute approximate surface area is 100 Å². The second kappa shape index (κ2) is 4.17. The first-order valence-corrected chi connectivity index (χ1v) is 5.76. The fourth-order valence-corrected chi connectivity index (χ4v) is 2.74. The Morgan fingerprint density at radius 2 is 2.35 bits per heavy atom. The van der Waals surface area contributed by atoms with E-state index in [0.717, 1.165) is 24.8 Å². The third-order valence-electron chi connectivity index (χ3n) is 3.82. The standard InChI is InChI=1S/C13H14N2O2/c1-10-4-3-7-13(10,9-14)11-5-2-6-12(8-11)15(16)17/h2,5-6,8,10H,3-4,7H2,1H3. The number of hydrogen-bond acceptors (Lipinski definition) is 3. The van der Waals surface area contributed by atoms with Crippen molar-refractivity contribution in [2.24, 2.45) is 5.92 Å². The number of rotatable bonds is 2. The van der Waals surface area contributed by atoms with Crippen molar-refractivity contribution < 1.29 is 4.92 Å². The van der Waals surface area contributed by atoms with Gasteiger partial charge in [0, 0.05) is 12.1 Å². The number of nitro groups is 1. The molecule has 0 saturated heterocycles. The van der Waals surface area contributed by atoms with E-state index in [9.17, 15) is 15.4 Å². The molecule has 4 heteroatoms. The van der Waals surface area contributed by atoms with Gasteiger partial charge < -0.3 is 0 Å². The number of nitro benzene ring substituents is 1. The number of benzene rings is 1. The molecule has 2 atom stereocenters. The molecule has 1 fully saturated rings. The Balaban J connectivity index is 2.49. The Morgan fingerprint density at radius 3 is 2.88 bits per heavy atom. The van der Waals surface area contributed by atoms with Gasteiger partial charge in [0.2, 0.25) is 0 Å². The van der Waals surface area contributed by atoms with E-state index in [2.05, 4.69) is 13.0 Å². The molecule has 0 bridgehead atoms. The van der Waals surface area contributed by atoms with Gasteiger partial charge >= 0.3 is 0 Å². The smallest absolute Gasteiger partial charge is 0.258 e. The maximum atomic E-state index is 10.8. The molecular formula is C13H14N2O2. The van der Waals surface area contributed by atoms with E-state index in [1.807, 2.05) is 6.07 Å². The van der Waals surface area contributed by atoms with Crippen molar-refractivity contribution in [1.82, 2.24) is 0 Å². The van der Waals surface area contributed by atoms with Crippen LogP contribution < -0.4 is 0 Å². The molecule has 17 heavy (non-hydrogen) atoms. The molecule has 0 aliphatic heterocycles. The molecule has 1 aromatic carbocycles. The zero-order chi connectivity index (χ0) is 12.5. The van der Waals surface area contributed by atoms with Crippen LogP contribution in [0.1, 0.15) is 31.7 Å². The van der Waals surface area contributed by atoms with Gasteiger partial charge in [0.1, 0.15) is 0 Å². The third-order valence-corrected chi connectivity index (χ3v) is 3.82. The lowest BCUT2D eigenvalue weighted by molar-refractivity contribution is -0.385. The van der Waals surface area contributed by atoms with E-state index in [1.54, 1.807) is 12.1 Å². The van der Waals surface area contributed by atoms with Crippen molar-refractivity contribution in [3.8, 4) is 6.07 Å². The molecule has 1 aromatic rings. The van der Waals surface area contributed by atoms with Gasteiger partial charge in [-0.15, -0.1) is 0 Å². The van der Waals surface area contributed by atoms with Gasteiger partial charge in [0.05, 0.1) is 16.4 Å². The predicted molar refractivity (Wildman–Crippen MR) is 63.4 cm³/mol. The average Bonchev–Trinajstić information content (AvgIpc) is 2.71. The van der Waals surface area contributed by atoms with Crippen molar-refractivity contribution in [3.63, 3.8) is 0 Å². The average molecular weight is 230 g/mol. The van der Waals surface area contributed by atoms with Gasteiger partial charge in [0.25, 0.3) is 5.69 Å². The van der Waals surface area contributed by atoms with Crippen molar-refractivity contribution in [2.75, 3.05) is 0 Å². The van der Waals surface area contributed by atoms with E-state index in [0.29, 0.717) is 0 Å². The van der Waals surface area contributed by atoms with Crippen LogP contribution in [-0.2, 0) is 5.41 Å². The van der Waals surface area contributed by atoms with Crippen LogP contribution in [0.15, 0.2) is 24.3 Å². The Kier molecular flexibility index (Phi) is 2.84. The largest absolute Gasteiger partial charge is 0.269 e. The minimum atomic E-state index is -0.536. The quantitative estimate of drug-likeness (QED) is 0.578. The van der Waals surface area contributed by atoms with Crippen LogP contribution in [0, 0.1) is 27.4 Å². The Bertz CT molecular complexity index is 492. The summed E-state index contributed by atoms with van der Waals surface area (Å²) in [7, 11) is 0. The second-order valence-corrected chi connectivity index (χ2v) is 4.68. The van der Waals surface area contributed by atoms with Gasteiger partial charge in [-0.1, -0.05) is 25.5 Å². The summed E-state index contributed by atoms with van der Waals surface area (Å²) >= 11 is 0. The summed E-state index contributed by atoms with van der Waals surface area (Å²) < 4.78 is 0. The number of non-ortho nitro benzene ring substituents is 1. The van der Waals surface area contributed by atoms with Crippen molar-refractivity contribution in [3.05, 3.63) is 39.9 Å². The molecule has 0 N–H and O–H groups in total.